The molecule has 0 spiro atoms. The van der Waals surface area contributed by atoms with Gasteiger partial charge < -0.3 is 9.31 Å². The van der Waals surface area contributed by atoms with Crippen LogP contribution < -0.4 is 0 Å². The zero-order valence-electron chi connectivity index (χ0n) is 10.8. The lowest BCUT2D eigenvalue weighted by Gasteiger charge is -2.32. The molecule has 1 aliphatic rings. The fourth-order valence-electron chi connectivity index (χ4n) is 1.53. The summed E-state index contributed by atoms with van der Waals surface area (Å²) < 4.78 is 11.7. The first-order valence-electron chi connectivity index (χ1n) is 5.97. The van der Waals surface area contributed by atoms with Gasteiger partial charge >= 0.3 is 7.12 Å². The highest BCUT2D eigenvalue weighted by atomic mass is 79.9. The monoisotopic (exact) mass is 288 g/mol. The number of alkyl halides is 1. The van der Waals surface area contributed by atoms with Crippen molar-refractivity contribution in [1.29, 1.82) is 0 Å². The van der Waals surface area contributed by atoms with Crippen LogP contribution in [-0.2, 0) is 9.31 Å². The van der Waals surface area contributed by atoms with Gasteiger partial charge in [-0.3, -0.25) is 0 Å². The number of hydrogen-bond acceptors (Lipinski definition) is 2. The smallest absolute Gasteiger partial charge is 0.400 e. The molecule has 92 valence electrons. The van der Waals surface area contributed by atoms with Crippen LogP contribution in [0.1, 0.15) is 47.0 Å². The Kier molecular flexibility index (Phi) is 5.08. The van der Waals surface area contributed by atoms with E-state index >= 15 is 0 Å². The average molecular weight is 289 g/mol. The van der Waals surface area contributed by atoms with Crippen LogP contribution in [0.2, 0.25) is 0 Å². The molecule has 1 aliphatic heterocycles. The summed E-state index contributed by atoms with van der Waals surface area (Å²) in [6, 6.07) is 0. The average Bonchev–Trinajstić information content (AvgIpc) is 2.35. The molecule has 16 heavy (non-hydrogen) atoms. The molecule has 0 N–H and O–H groups in total. The van der Waals surface area contributed by atoms with Crippen LogP contribution in [0, 0.1) is 0 Å². The minimum atomic E-state index is -0.224. The second-order valence-corrected chi connectivity index (χ2v) is 6.03. The number of allylic oxidation sites excluding steroid dienone is 1. The predicted octanol–water partition coefficient (Wildman–Crippen LogP) is 3.74. The highest BCUT2D eigenvalue weighted by Gasteiger charge is 2.49. The largest absolute Gasteiger partial charge is 0.486 e. The first kappa shape index (κ1) is 14.3. The van der Waals surface area contributed by atoms with E-state index in [0.29, 0.717) is 0 Å². The Morgan fingerprint density at radius 1 is 1.06 bits per heavy atom. The maximum Gasteiger partial charge on any atom is 0.486 e. The molecule has 1 fully saturated rings. The van der Waals surface area contributed by atoms with Crippen molar-refractivity contribution >= 4 is 23.0 Å². The SMILES string of the molecule is CC1(C)OB(/C=C/CCCCBr)OC1(C)C. The van der Waals surface area contributed by atoms with E-state index in [1.54, 1.807) is 0 Å². The number of hydrogen-bond donors (Lipinski definition) is 0. The van der Waals surface area contributed by atoms with E-state index in [0.717, 1.165) is 11.8 Å². The summed E-state index contributed by atoms with van der Waals surface area (Å²) in [4.78, 5) is 0. The third-order valence-electron chi connectivity index (χ3n) is 3.32. The molecule has 0 bridgehead atoms. The van der Waals surface area contributed by atoms with E-state index in [-0.39, 0.29) is 18.3 Å². The van der Waals surface area contributed by atoms with E-state index in [9.17, 15) is 0 Å². The molecule has 1 rings (SSSR count). The van der Waals surface area contributed by atoms with Gasteiger partial charge in [0.1, 0.15) is 0 Å². The van der Waals surface area contributed by atoms with Crippen molar-refractivity contribution in [1.82, 2.24) is 0 Å². The summed E-state index contributed by atoms with van der Waals surface area (Å²) in [6.45, 7) is 8.30. The number of unbranched alkanes of at least 4 members (excludes halogenated alkanes) is 2. The van der Waals surface area contributed by atoms with Gasteiger partial charge in [-0.1, -0.05) is 28.0 Å². The molecule has 0 amide bonds. The standard InChI is InChI=1S/C12H22BBrO2/c1-11(2)12(3,4)16-13(15-11)9-7-5-6-8-10-14/h7,9H,5-6,8,10H2,1-4H3/b9-7+. The highest BCUT2D eigenvalue weighted by molar-refractivity contribution is 9.09. The number of rotatable bonds is 5. The summed E-state index contributed by atoms with van der Waals surface area (Å²) in [7, 11) is -0.186. The van der Waals surface area contributed by atoms with Crippen molar-refractivity contribution in [2.75, 3.05) is 5.33 Å². The molecule has 1 heterocycles. The van der Waals surface area contributed by atoms with Gasteiger partial charge in [-0.2, -0.15) is 0 Å². The predicted molar refractivity (Wildman–Crippen MR) is 72.9 cm³/mol. The van der Waals surface area contributed by atoms with Gasteiger partial charge in [0, 0.05) is 5.33 Å². The normalized spacial score (nSPS) is 23.2. The minimum Gasteiger partial charge on any atom is -0.400 e. The summed E-state index contributed by atoms with van der Waals surface area (Å²) in [5.74, 6) is 2.03. The Hall–Kier alpha value is 0.205. The van der Waals surface area contributed by atoms with Crippen LogP contribution in [-0.4, -0.2) is 23.7 Å². The third kappa shape index (κ3) is 3.61. The molecule has 2 nitrogen and oxygen atoms in total. The molecule has 0 saturated carbocycles. The van der Waals surface area contributed by atoms with Gasteiger partial charge in [-0.25, -0.2) is 0 Å². The maximum absolute atomic E-state index is 5.85. The maximum atomic E-state index is 5.85. The summed E-state index contributed by atoms with van der Waals surface area (Å²) >= 11 is 3.42. The van der Waals surface area contributed by atoms with Crippen LogP contribution in [0.5, 0.6) is 0 Å². The molecule has 0 radical (unpaired) electrons. The van der Waals surface area contributed by atoms with Crippen LogP contribution in [0.25, 0.3) is 0 Å². The molecule has 0 aromatic carbocycles. The van der Waals surface area contributed by atoms with Crippen LogP contribution >= 0.6 is 15.9 Å². The lowest BCUT2D eigenvalue weighted by atomic mass is 9.89. The van der Waals surface area contributed by atoms with Gasteiger partial charge in [0.05, 0.1) is 11.2 Å². The van der Waals surface area contributed by atoms with Crippen molar-refractivity contribution < 1.29 is 9.31 Å². The van der Waals surface area contributed by atoms with Gasteiger partial charge in [-0.05, 0) is 47.0 Å². The highest BCUT2D eigenvalue weighted by Crippen LogP contribution is 2.36. The van der Waals surface area contributed by atoms with Gasteiger partial charge in [0.2, 0.25) is 0 Å². The fraction of sp³-hybridized carbons (Fsp3) is 0.833. The molecular weight excluding hydrogens is 267 g/mol. The Labute approximate surface area is 108 Å². The first-order chi connectivity index (χ1) is 7.39. The quantitative estimate of drug-likeness (QED) is 0.436. The zero-order chi connectivity index (χ0) is 12.2. The van der Waals surface area contributed by atoms with Crippen LogP contribution in [0.4, 0.5) is 0 Å². The molecular formula is C12H22BBrO2. The Morgan fingerprint density at radius 2 is 1.62 bits per heavy atom. The topological polar surface area (TPSA) is 18.5 Å². The van der Waals surface area contributed by atoms with E-state index in [1.165, 1.54) is 12.8 Å². The Balaban J connectivity index is 2.36. The van der Waals surface area contributed by atoms with Crippen molar-refractivity contribution in [2.45, 2.75) is 58.2 Å². The first-order valence-corrected chi connectivity index (χ1v) is 7.09. The lowest BCUT2D eigenvalue weighted by Crippen LogP contribution is -2.41. The number of halogens is 1. The molecule has 4 heteroatoms. The summed E-state index contributed by atoms with van der Waals surface area (Å²) in [5, 5.41) is 1.08. The third-order valence-corrected chi connectivity index (χ3v) is 3.88. The Morgan fingerprint density at radius 3 is 2.12 bits per heavy atom. The second-order valence-electron chi connectivity index (χ2n) is 5.24. The molecule has 0 aromatic heterocycles. The second kappa shape index (κ2) is 5.70. The molecule has 0 unspecified atom stereocenters. The van der Waals surface area contributed by atoms with Gasteiger partial charge in [-0.15, -0.1) is 0 Å². The van der Waals surface area contributed by atoms with Crippen molar-refractivity contribution in [3.05, 3.63) is 12.1 Å². The molecule has 0 aromatic rings. The van der Waals surface area contributed by atoms with E-state index < -0.39 is 0 Å². The van der Waals surface area contributed by atoms with E-state index in [1.807, 2.05) is 5.98 Å². The summed E-state index contributed by atoms with van der Waals surface area (Å²) in [6.07, 6.45) is 5.68. The van der Waals surface area contributed by atoms with Crippen molar-refractivity contribution in [3.8, 4) is 0 Å². The minimum absolute atomic E-state index is 0.186. The van der Waals surface area contributed by atoms with Crippen molar-refractivity contribution in [3.63, 3.8) is 0 Å². The molecule has 0 aliphatic carbocycles. The molecule has 1 saturated heterocycles. The van der Waals surface area contributed by atoms with Gasteiger partial charge in [0.25, 0.3) is 0 Å². The van der Waals surface area contributed by atoms with Crippen molar-refractivity contribution in [2.24, 2.45) is 0 Å². The van der Waals surface area contributed by atoms with E-state index in [2.05, 4.69) is 49.7 Å². The zero-order valence-corrected chi connectivity index (χ0v) is 12.3. The van der Waals surface area contributed by atoms with Crippen LogP contribution in [0.3, 0.4) is 0 Å². The summed E-state index contributed by atoms with van der Waals surface area (Å²) in [5.41, 5.74) is -0.449. The Bertz CT molecular complexity index is 235. The lowest BCUT2D eigenvalue weighted by molar-refractivity contribution is 0.00578. The van der Waals surface area contributed by atoms with Crippen LogP contribution in [0.15, 0.2) is 12.1 Å². The fourth-order valence-corrected chi connectivity index (χ4v) is 1.93. The van der Waals surface area contributed by atoms with E-state index in [4.69, 9.17) is 9.31 Å². The molecule has 0 atom stereocenters. The van der Waals surface area contributed by atoms with Gasteiger partial charge in [0.15, 0.2) is 0 Å².